The molecule has 5 rings (SSSR count). The molecule has 2 fully saturated rings. The van der Waals surface area contributed by atoms with Crippen LogP contribution < -0.4 is 4.74 Å². The number of hydrogen-bond donors (Lipinski definition) is 5. The molecule has 9 heteroatoms. The number of aromatic nitrogens is 1. The summed E-state index contributed by atoms with van der Waals surface area (Å²) in [5.41, 5.74) is 7.71. The number of Topliss-reactive ketones (excluding diaryl/α,β-unsaturated/α-hetero) is 1. The summed E-state index contributed by atoms with van der Waals surface area (Å²) in [4.78, 5) is 16.8. The summed E-state index contributed by atoms with van der Waals surface area (Å²) < 4.78 is 12.9. The zero-order valence-corrected chi connectivity index (χ0v) is 27.5. The van der Waals surface area contributed by atoms with Gasteiger partial charge in [0.05, 0.1) is 31.0 Å². The van der Waals surface area contributed by atoms with E-state index in [0.717, 1.165) is 66.5 Å². The topological polar surface area (TPSA) is 150 Å². The predicted molar refractivity (Wildman–Crippen MR) is 178 cm³/mol. The van der Waals surface area contributed by atoms with Crippen LogP contribution in [0.2, 0.25) is 0 Å². The van der Waals surface area contributed by atoms with Gasteiger partial charge in [0.1, 0.15) is 29.8 Å². The summed E-state index contributed by atoms with van der Waals surface area (Å²) >= 11 is 0. The van der Waals surface area contributed by atoms with Gasteiger partial charge in [-0.25, -0.2) is 0 Å². The normalized spacial score (nSPS) is 17.9. The van der Waals surface area contributed by atoms with Crippen molar-refractivity contribution in [1.29, 1.82) is 0 Å². The van der Waals surface area contributed by atoms with E-state index in [4.69, 9.17) is 14.6 Å². The Morgan fingerprint density at radius 2 is 1.62 bits per heavy atom. The summed E-state index contributed by atoms with van der Waals surface area (Å²) in [6.45, 7) is 4.00. The monoisotopic (exact) mass is 647 g/mol. The molecule has 254 valence electrons. The Balaban J connectivity index is 1.12. The first kappa shape index (κ1) is 35.1. The second kappa shape index (κ2) is 15.8. The molecule has 0 spiro atoms. The first-order valence-corrected chi connectivity index (χ1v) is 16.9. The Hall–Kier alpha value is -3.18. The number of nitrogens with zero attached hydrogens (tertiary/aromatic N) is 1. The van der Waals surface area contributed by atoms with Crippen LogP contribution in [0.25, 0.3) is 11.1 Å². The molecule has 0 amide bonds. The van der Waals surface area contributed by atoms with Crippen LogP contribution in [-0.4, -0.2) is 73.4 Å². The molecule has 0 unspecified atom stereocenters. The number of benzene rings is 2. The fraction of sp³-hybridized carbons (Fsp3) is 0.526. The van der Waals surface area contributed by atoms with Gasteiger partial charge in [0.2, 0.25) is 0 Å². The number of ketones is 1. The van der Waals surface area contributed by atoms with Crippen LogP contribution >= 0.6 is 0 Å². The van der Waals surface area contributed by atoms with Crippen molar-refractivity contribution < 1.29 is 39.8 Å². The van der Waals surface area contributed by atoms with Crippen molar-refractivity contribution in [2.24, 2.45) is 0 Å². The number of carbonyl (C=O) groups excluding carboxylic acids is 1. The van der Waals surface area contributed by atoms with Crippen molar-refractivity contribution in [3.05, 3.63) is 82.7 Å². The van der Waals surface area contributed by atoms with Gasteiger partial charge in [-0.3, -0.25) is 9.78 Å². The maximum Gasteiger partial charge on any atom is 0.133 e. The highest BCUT2D eigenvalue weighted by molar-refractivity contribution is 5.78. The van der Waals surface area contributed by atoms with Gasteiger partial charge in [-0.05, 0) is 105 Å². The van der Waals surface area contributed by atoms with Gasteiger partial charge in [-0.2, -0.15) is 0 Å². The van der Waals surface area contributed by atoms with Gasteiger partial charge in [0, 0.05) is 36.4 Å². The molecule has 5 N–H and O–H groups in total. The maximum absolute atomic E-state index is 12.4. The molecule has 0 aliphatic heterocycles. The number of pyridine rings is 1. The van der Waals surface area contributed by atoms with Crippen molar-refractivity contribution in [3.8, 4) is 16.9 Å². The number of aryl methyl sites for hydroxylation is 3. The number of carbonyl (C=O) groups is 1. The highest BCUT2D eigenvalue weighted by Gasteiger charge is 2.47. The average Bonchev–Trinajstić information content (AvgIpc) is 4.03. The Morgan fingerprint density at radius 1 is 0.915 bits per heavy atom. The largest absolute Gasteiger partial charge is 0.490 e. The second-order valence-corrected chi connectivity index (χ2v) is 13.3. The summed E-state index contributed by atoms with van der Waals surface area (Å²) in [7, 11) is 0. The SMILES string of the molecule is Cc1cc(COC2(c3cnccc3-c3ccccc3OC3CC3)CC2)c(C)cc1CCCCC(=O)CC[C@H](O)[C@@H](O)[C@H](O)[C@H](O)CO. The number of para-hydroxylation sites is 1. The minimum Gasteiger partial charge on any atom is -0.490 e. The third kappa shape index (κ3) is 9.04. The predicted octanol–water partition coefficient (Wildman–Crippen LogP) is 4.61. The Bertz CT molecular complexity index is 1500. The lowest BCUT2D eigenvalue weighted by Crippen LogP contribution is -2.45. The van der Waals surface area contributed by atoms with Crippen LogP contribution in [0.15, 0.2) is 54.9 Å². The summed E-state index contributed by atoms with van der Waals surface area (Å²) in [6.07, 6.45) is 4.75. The van der Waals surface area contributed by atoms with Gasteiger partial charge in [-0.15, -0.1) is 0 Å². The molecule has 2 saturated carbocycles. The Labute approximate surface area is 277 Å². The van der Waals surface area contributed by atoms with Crippen LogP contribution in [0.5, 0.6) is 5.75 Å². The average molecular weight is 648 g/mol. The summed E-state index contributed by atoms with van der Waals surface area (Å²) in [5, 5.41) is 48.1. The van der Waals surface area contributed by atoms with Crippen LogP contribution in [0, 0.1) is 13.8 Å². The lowest BCUT2D eigenvalue weighted by Gasteiger charge is -2.25. The lowest BCUT2D eigenvalue weighted by atomic mass is 9.95. The minimum atomic E-state index is -1.68. The zero-order chi connectivity index (χ0) is 33.6. The number of hydrogen-bond acceptors (Lipinski definition) is 9. The molecule has 2 aliphatic carbocycles. The molecular weight excluding hydrogens is 598 g/mol. The van der Waals surface area contributed by atoms with E-state index < -0.39 is 31.0 Å². The molecule has 0 saturated heterocycles. The quantitative estimate of drug-likeness (QED) is 0.118. The molecule has 0 bridgehead atoms. The van der Waals surface area contributed by atoms with Gasteiger partial charge in [-0.1, -0.05) is 30.3 Å². The van der Waals surface area contributed by atoms with E-state index in [1.54, 1.807) is 0 Å². The van der Waals surface area contributed by atoms with Crippen LogP contribution in [-0.2, 0) is 28.2 Å². The molecule has 0 radical (unpaired) electrons. The van der Waals surface area contributed by atoms with Crippen molar-refractivity contribution in [1.82, 2.24) is 4.98 Å². The van der Waals surface area contributed by atoms with Crippen LogP contribution in [0.3, 0.4) is 0 Å². The highest BCUT2D eigenvalue weighted by atomic mass is 16.5. The molecule has 2 aliphatic rings. The minimum absolute atomic E-state index is 0.0252. The number of rotatable bonds is 19. The second-order valence-electron chi connectivity index (χ2n) is 13.3. The zero-order valence-electron chi connectivity index (χ0n) is 27.5. The fourth-order valence-electron chi connectivity index (χ4n) is 6.14. The van der Waals surface area contributed by atoms with Gasteiger partial charge >= 0.3 is 0 Å². The molecule has 1 heterocycles. The summed E-state index contributed by atoms with van der Waals surface area (Å²) in [6, 6.07) is 14.7. The number of aliphatic hydroxyl groups is 5. The third-order valence-corrected chi connectivity index (χ3v) is 9.51. The molecule has 9 nitrogen and oxygen atoms in total. The van der Waals surface area contributed by atoms with Crippen molar-refractivity contribution in [2.45, 2.75) is 121 Å². The van der Waals surface area contributed by atoms with Gasteiger partial charge in [0.25, 0.3) is 0 Å². The Kier molecular flexibility index (Phi) is 11.8. The third-order valence-electron chi connectivity index (χ3n) is 9.51. The van der Waals surface area contributed by atoms with Crippen LogP contribution in [0.4, 0.5) is 0 Å². The van der Waals surface area contributed by atoms with E-state index in [2.05, 4.69) is 43.1 Å². The van der Waals surface area contributed by atoms with E-state index in [9.17, 15) is 25.2 Å². The molecular formula is C38H49NO8. The lowest BCUT2D eigenvalue weighted by molar-refractivity contribution is -0.125. The standard InChI is InChI=1S/C38H49NO8/c1-24-20-27(25(2)19-26(24)7-3-4-8-28(41)11-14-33(42)36(44)37(45)34(43)22-40)23-46-38(16-17-38)32-21-39-18-15-30(32)31-9-5-6-10-35(31)47-29-12-13-29/h5-6,9-10,15,18-21,29,33-34,36-37,40,42-45H,3-4,7-8,11-14,16-17,22-23H2,1-2H3/t33-,34+,36+,37+/m0/s1. The van der Waals surface area contributed by atoms with E-state index in [-0.39, 0.29) is 24.2 Å². The number of ether oxygens (including phenoxy) is 2. The first-order valence-electron chi connectivity index (χ1n) is 16.9. The van der Waals surface area contributed by atoms with E-state index in [1.165, 1.54) is 16.7 Å². The Morgan fingerprint density at radius 3 is 2.34 bits per heavy atom. The van der Waals surface area contributed by atoms with E-state index >= 15 is 0 Å². The summed E-state index contributed by atoms with van der Waals surface area (Å²) in [5.74, 6) is 0.884. The van der Waals surface area contributed by atoms with Crippen molar-refractivity contribution in [3.63, 3.8) is 0 Å². The smallest absolute Gasteiger partial charge is 0.133 e. The highest BCUT2D eigenvalue weighted by Crippen LogP contribution is 2.53. The first-order chi connectivity index (χ1) is 22.6. The molecule has 4 atom stereocenters. The number of aliphatic hydroxyl groups excluding tert-OH is 5. The molecule has 3 aromatic rings. The van der Waals surface area contributed by atoms with Gasteiger partial charge < -0.3 is 35.0 Å². The van der Waals surface area contributed by atoms with Crippen molar-refractivity contribution >= 4 is 5.78 Å². The maximum atomic E-state index is 12.4. The van der Waals surface area contributed by atoms with Crippen molar-refractivity contribution in [2.75, 3.05) is 6.61 Å². The van der Waals surface area contributed by atoms with E-state index in [0.29, 0.717) is 25.6 Å². The van der Waals surface area contributed by atoms with E-state index in [1.807, 2.05) is 30.6 Å². The number of unbranched alkanes of at least 4 members (excludes halogenated alkanes) is 1. The molecule has 2 aromatic carbocycles. The van der Waals surface area contributed by atoms with Gasteiger partial charge in [0.15, 0.2) is 0 Å². The molecule has 1 aromatic heterocycles. The molecule has 47 heavy (non-hydrogen) atoms. The van der Waals surface area contributed by atoms with Crippen LogP contribution in [0.1, 0.15) is 85.6 Å². The fourth-order valence-corrected chi connectivity index (χ4v) is 6.14.